The van der Waals surface area contributed by atoms with Gasteiger partial charge in [0.05, 0.1) is 28.6 Å². The fraction of sp³-hybridized carbons (Fsp3) is 0.0526. The number of benzene rings is 2. The maximum atomic E-state index is 12.5. The number of carbonyl (C=O) groups excluding carboxylic acids is 1. The third-order valence-corrected chi connectivity index (χ3v) is 5.05. The van der Waals surface area contributed by atoms with Crippen LogP contribution in [0.25, 0.3) is 22.4 Å². The molecule has 2 heterocycles. The Labute approximate surface area is 177 Å². The monoisotopic (exact) mass is 440 g/mol. The highest BCUT2D eigenvalue weighted by Crippen LogP contribution is 2.34. The van der Waals surface area contributed by atoms with Gasteiger partial charge in [0, 0.05) is 22.9 Å². The number of furan rings is 1. The van der Waals surface area contributed by atoms with Crippen molar-refractivity contribution in [1.29, 1.82) is 0 Å². The van der Waals surface area contributed by atoms with Crippen molar-refractivity contribution in [2.75, 3.05) is 12.4 Å². The van der Waals surface area contributed by atoms with Gasteiger partial charge in [0.15, 0.2) is 22.2 Å². The van der Waals surface area contributed by atoms with Gasteiger partial charge in [-0.25, -0.2) is 4.98 Å². The molecule has 0 aliphatic heterocycles. The van der Waals surface area contributed by atoms with Crippen LogP contribution < -0.4 is 10.1 Å². The van der Waals surface area contributed by atoms with Crippen LogP contribution in [0, 0.1) is 20.2 Å². The number of non-ortho nitro benzene ring substituents is 2. The molecule has 2 aromatic carbocycles. The van der Waals surface area contributed by atoms with Crippen LogP contribution in [0.2, 0.25) is 0 Å². The summed E-state index contributed by atoms with van der Waals surface area (Å²) in [6.45, 7) is 0. The van der Waals surface area contributed by atoms with Crippen molar-refractivity contribution in [3.8, 4) is 17.2 Å². The molecule has 0 radical (unpaired) electrons. The van der Waals surface area contributed by atoms with E-state index in [0.717, 1.165) is 34.9 Å². The Bertz CT molecular complexity index is 1310. The number of nitro benzene ring substituents is 2. The summed E-state index contributed by atoms with van der Waals surface area (Å²) in [6, 6.07) is 9.93. The minimum atomic E-state index is -0.804. The van der Waals surface area contributed by atoms with Gasteiger partial charge in [-0.15, -0.1) is 11.3 Å². The van der Waals surface area contributed by atoms with Crippen molar-refractivity contribution in [2.24, 2.45) is 0 Å². The maximum Gasteiger partial charge on any atom is 0.277 e. The number of fused-ring (bicyclic) bond motifs is 1. The number of para-hydroxylation sites is 1. The summed E-state index contributed by atoms with van der Waals surface area (Å²) in [6.07, 6.45) is 0. The summed E-state index contributed by atoms with van der Waals surface area (Å²) in [4.78, 5) is 37.2. The molecule has 0 bridgehead atoms. The molecule has 4 rings (SSSR count). The van der Waals surface area contributed by atoms with Gasteiger partial charge >= 0.3 is 0 Å². The fourth-order valence-corrected chi connectivity index (χ4v) is 3.57. The molecular weight excluding hydrogens is 428 g/mol. The topological polar surface area (TPSA) is 151 Å². The number of hydrogen-bond acceptors (Lipinski definition) is 9. The van der Waals surface area contributed by atoms with Crippen molar-refractivity contribution in [1.82, 2.24) is 4.98 Å². The molecule has 12 heteroatoms. The number of methoxy groups -OCH3 is 1. The van der Waals surface area contributed by atoms with Gasteiger partial charge in [0.1, 0.15) is 5.69 Å². The molecule has 0 aliphatic carbocycles. The molecule has 31 heavy (non-hydrogen) atoms. The number of nitrogens with one attached hydrogen (secondary N) is 1. The molecule has 2 aromatic heterocycles. The zero-order chi connectivity index (χ0) is 22.1. The second kappa shape index (κ2) is 7.84. The molecule has 0 unspecified atom stereocenters. The number of anilines is 1. The quantitative estimate of drug-likeness (QED) is 0.336. The standard InChI is InChI=1S/C19H12N4O7S/c1-29-15-4-2-3-10-7-16(30-17(10)15)14-9-31-19(20-14)21-18(24)11-5-12(22(25)26)8-13(6-11)23(27)28/h2-9H,1H3,(H,20,21,24). The number of rotatable bonds is 6. The SMILES string of the molecule is COc1cccc2cc(-c3csc(NC(=O)c4cc([N+](=O)[O-])cc([N+](=O)[O-])c4)n3)oc12. The summed E-state index contributed by atoms with van der Waals surface area (Å²) in [7, 11) is 1.53. The predicted octanol–water partition coefficient (Wildman–Crippen LogP) is 4.63. The minimum Gasteiger partial charge on any atom is -0.493 e. The van der Waals surface area contributed by atoms with E-state index in [9.17, 15) is 25.0 Å². The molecular formula is C19H12N4O7S. The molecule has 0 atom stereocenters. The molecule has 0 saturated heterocycles. The van der Waals surface area contributed by atoms with Crippen LogP contribution in [0.15, 0.2) is 52.3 Å². The first kappa shape index (κ1) is 20.0. The number of nitro groups is 2. The Balaban J connectivity index is 1.60. The lowest BCUT2D eigenvalue weighted by Gasteiger charge is -2.02. The molecule has 11 nitrogen and oxygen atoms in total. The molecule has 1 N–H and O–H groups in total. The van der Waals surface area contributed by atoms with Crippen LogP contribution in [-0.4, -0.2) is 27.8 Å². The highest BCUT2D eigenvalue weighted by molar-refractivity contribution is 7.14. The number of hydrogen-bond donors (Lipinski definition) is 1. The Morgan fingerprint density at radius 2 is 1.84 bits per heavy atom. The molecule has 4 aromatic rings. The van der Waals surface area contributed by atoms with Gasteiger partial charge in [-0.05, 0) is 12.1 Å². The normalized spacial score (nSPS) is 10.7. The smallest absolute Gasteiger partial charge is 0.277 e. The largest absolute Gasteiger partial charge is 0.493 e. The number of carbonyl (C=O) groups is 1. The van der Waals surface area contributed by atoms with E-state index < -0.39 is 27.1 Å². The van der Waals surface area contributed by atoms with Gasteiger partial charge in [-0.1, -0.05) is 12.1 Å². The molecule has 1 amide bonds. The van der Waals surface area contributed by atoms with Crippen LogP contribution in [0.3, 0.4) is 0 Å². The van der Waals surface area contributed by atoms with E-state index in [1.54, 1.807) is 17.5 Å². The van der Waals surface area contributed by atoms with E-state index in [2.05, 4.69) is 10.3 Å². The number of ether oxygens (including phenoxy) is 1. The average Bonchev–Trinajstić information content (AvgIpc) is 3.39. The lowest BCUT2D eigenvalue weighted by Crippen LogP contribution is -2.12. The van der Waals surface area contributed by atoms with Gasteiger partial charge in [0.25, 0.3) is 17.3 Å². The average molecular weight is 440 g/mol. The second-order valence-electron chi connectivity index (χ2n) is 6.23. The number of aromatic nitrogens is 1. The van der Waals surface area contributed by atoms with Gasteiger partial charge in [0.2, 0.25) is 0 Å². The molecule has 0 aliphatic rings. The number of amides is 1. The lowest BCUT2D eigenvalue weighted by atomic mass is 10.1. The first-order valence-electron chi connectivity index (χ1n) is 8.63. The van der Waals surface area contributed by atoms with Crippen molar-refractivity contribution in [3.05, 3.63) is 73.6 Å². The highest BCUT2D eigenvalue weighted by Gasteiger charge is 2.21. The summed E-state index contributed by atoms with van der Waals surface area (Å²) in [5, 5.41) is 27.2. The molecule has 0 spiro atoms. The van der Waals surface area contributed by atoms with Gasteiger partial charge in [-0.2, -0.15) is 0 Å². The fourth-order valence-electron chi connectivity index (χ4n) is 2.87. The summed E-state index contributed by atoms with van der Waals surface area (Å²) >= 11 is 1.11. The van der Waals surface area contributed by atoms with E-state index in [1.165, 1.54) is 7.11 Å². The Hall–Kier alpha value is -4.32. The van der Waals surface area contributed by atoms with E-state index in [4.69, 9.17) is 9.15 Å². The van der Waals surface area contributed by atoms with E-state index >= 15 is 0 Å². The predicted molar refractivity (Wildman–Crippen MR) is 112 cm³/mol. The Morgan fingerprint density at radius 3 is 2.48 bits per heavy atom. The first-order chi connectivity index (χ1) is 14.9. The molecule has 156 valence electrons. The molecule has 0 saturated carbocycles. The van der Waals surface area contributed by atoms with E-state index in [1.807, 2.05) is 12.1 Å². The van der Waals surface area contributed by atoms with Crippen molar-refractivity contribution in [3.63, 3.8) is 0 Å². The van der Waals surface area contributed by atoms with Crippen LogP contribution in [-0.2, 0) is 0 Å². The summed E-state index contributed by atoms with van der Waals surface area (Å²) in [5.74, 6) is 0.265. The van der Waals surface area contributed by atoms with Crippen molar-refractivity contribution >= 4 is 44.7 Å². The Kier molecular flexibility index (Phi) is 5.05. The van der Waals surface area contributed by atoms with Gasteiger partial charge < -0.3 is 9.15 Å². The third kappa shape index (κ3) is 3.91. The summed E-state index contributed by atoms with van der Waals surface area (Å²) < 4.78 is 11.1. The summed E-state index contributed by atoms with van der Waals surface area (Å²) in [5.41, 5.74) is -0.331. The van der Waals surface area contributed by atoms with Crippen LogP contribution >= 0.6 is 11.3 Å². The number of nitrogens with zero attached hydrogens (tertiary/aromatic N) is 3. The minimum absolute atomic E-state index is 0.196. The van der Waals surface area contributed by atoms with E-state index in [0.29, 0.717) is 22.8 Å². The van der Waals surface area contributed by atoms with Crippen LogP contribution in [0.4, 0.5) is 16.5 Å². The second-order valence-corrected chi connectivity index (χ2v) is 7.09. The molecule has 0 fully saturated rings. The first-order valence-corrected chi connectivity index (χ1v) is 9.51. The zero-order valence-electron chi connectivity index (χ0n) is 15.7. The lowest BCUT2D eigenvalue weighted by molar-refractivity contribution is -0.394. The van der Waals surface area contributed by atoms with Crippen LogP contribution in [0.5, 0.6) is 5.75 Å². The van der Waals surface area contributed by atoms with Gasteiger partial charge in [-0.3, -0.25) is 30.3 Å². The van der Waals surface area contributed by atoms with E-state index in [-0.39, 0.29) is 10.7 Å². The maximum absolute atomic E-state index is 12.5. The highest BCUT2D eigenvalue weighted by atomic mass is 32.1. The number of thiazole rings is 1. The Morgan fingerprint density at radius 1 is 1.13 bits per heavy atom. The van der Waals surface area contributed by atoms with Crippen molar-refractivity contribution in [2.45, 2.75) is 0 Å². The zero-order valence-corrected chi connectivity index (χ0v) is 16.5. The van der Waals surface area contributed by atoms with Crippen molar-refractivity contribution < 1.29 is 23.8 Å². The van der Waals surface area contributed by atoms with Crippen LogP contribution in [0.1, 0.15) is 10.4 Å². The third-order valence-electron chi connectivity index (χ3n) is 4.29.